The number of halogens is 1. The third-order valence-corrected chi connectivity index (χ3v) is 10.0. The second kappa shape index (κ2) is 10.5. The van der Waals surface area contributed by atoms with Gasteiger partial charge in [-0.15, -0.1) is 0 Å². The zero-order chi connectivity index (χ0) is 26.2. The molecule has 192 valence electrons. The van der Waals surface area contributed by atoms with Crippen LogP contribution in [0.4, 0.5) is 5.13 Å². The monoisotopic (exact) mass is 553 g/mol. The Balaban J connectivity index is 1.49. The Morgan fingerprint density at radius 3 is 2.54 bits per heavy atom. The van der Waals surface area contributed by atoms with Crippen molar-refractivity contribution in [1.82, 2.24) is 9.29 Å². The molecule has 1 atom stereocenters. The molecule has 1 aromatic heterocycles. The molecular formula is C28H28ClN3O3S2. The van der Waals surface area contributed by atoms with Crippen LogP contribution in [-0.4, -0.2) is 36.2 Å². The van der Waals surface area contributed by atoms with Crippen molar-refractivity contribution in [2.75, 3.05) is 11.4 Å². The number of aryl methyl sites for hydroxylation is 1. The van der Waals surface area contributed by atoms with E-state index in [0.29, 0.717) is 28.8 Å². The van der Waals surface area contributed by atoms with Crippen molar-refractivity contribution < 1.29 is 13.2 Å². The summed E-state index contributed by atoms with van der Waals surface area (Å²) >= 11 is 7.67. The van der Waals surface area contributed by atoms with Gasteiger partial charge in [0.2, 0.25) is 10.0 Å². The first-order chi connectivity index (χ1) is 17.7. The zero-order valence-corrected chi connectivity index (χ0v) is 23.1. The lowest BCUT2D eigenvalue weighted by Crippen LogP contribution is -2.41. The van der Waals surface area contributed by atoms with Gasteiger partial charge in [-0.05, 0) is 74.2 Å². The second-order valence-corrected chi connectivity index (χ2v) is 12.8. The first-order valence-corrected chi connectivity index (χ1v) is 14.9. The van der Waals surface area contributed by atoms with Gasteiger partial charge >= 0.3 is 0 Å². The van der Waals surface area contributed by atoms with Crippen LogP contribution in [0.5, 0.6) is 0 Å². The molecule has 0 bridgehead atoms. The number of rotatable bonds is 6. The lowest BCUT2D eigenvalue weighted by atomic mass is 10.1. The van der Waals surface area contributed by atoms with E-state index in [4.69, 9.17) is 16.6 Å². The summed E-state index contributed by atoms with van der Waals surface area (Å²) in [5.74, 6) is -0.248. The molecule has 1 amide bonds. The predicted molar refractivity (Wildman–Crippen MR) is 150 cm³/mol. The standard InChI is InChI=1S/C28H28ClN3O3S2/c1-19-16-23(29)17-25-26(19)30-28(36-25)31(18-21-9-4-3-5-10-21)27(33)22-11-13-24(14-12-22)37(34,35)32-15-7-6-8-20(32)2/h3-5,9-14,16-17,20H,6-8,15,18H2,1-2H3. The maximum Gasteiger partial charge on any atom is 0.260 e. The number of amides is 1. The van der Waals surface area contributed by atoms with Gasteiger partial charge in [-0.1, -0.05) is 59.7 Å². The van der Waals surface area contributed by atoms with Crippen LogP contribution in [0.15, 0.2) is 71.6 Å². The summed E-state index contributed by atoms with van der Waals surface area (Å²) < 4.78 is 29.0. The summed E-state index contributed by atoms with van der Waals surface area (Å²) in [7, 11) is -3.62. The van der Waals surface area contributed by atoms with Crippen LogP contribution >= 0.6 is 22.9 Å². The summed E-state index contributed by atoms with van der Waals surface area (Å²) in [6.45, 7) is 4.75. The van der Waals surface area contributed by atoms with E-state index < -0.39 is 10.0 Å². The van der Waals surface area contributed by atoms with Crippen molar-refractivity contribution in [2.24, 2.45) is 0 Å². The Labute approximate surface area is 226 Å². The smallest absolute Gasteiger partial charge is 0.260 e. The molecule has 0 radical (unpaired) electrons. The minimum atomic E-state index is -3.62. The molecule has 1 unspecified atom stereocenters. The fourth-order valence-corrected chi connectivity index (χ4v) is 7.86. The van der Waals surface area contributed by atoms with E-state index in [1.807, 2.05) is 56.3 Å². The molecule has 2 heterocycles. The molecule has 0 spiro atoms. The highest BCUT2D eigenvalue weighted by molar-refractivity contribution is 7.89. The van der Waals surface area contributed by atoms with Crippen molar-refractivity contribution in [3.05, 3.63) is 88.4 Å². The Hall–Kier alpha value is -2.78. The van der Waals surface area contributed by atoms with Gasteiger partial charge in [0.25, 0.3) is 5.91 Å². The Morgan fingerprint density at radius 2 is 1.84 bits per heavy atom. The van der Waals surface area contributed by atoms with Crippen molar-refractivity contribution in [3.8, 4) is 0 Å². The number of nitrogens with zero attached hydrogens (tertiary/aromatic N) is 3. The van der Waals surface area contributed by atoms with Crippen molar-refractivity contribution in [1.29, 1.82) is 0 Å². The number of piperidine rings is 1. The van der Waals surface area contributed by atoms with Crippen LogP contribution < -0.4 is 4.90 Å². The van der Waals surface area contributed by atoms with Crippen molar-refractivity contribution in [2.45, 2.75) is 50.6 Å². The van der Waals surface area contributed by atoms with Gasteiger partial charge in [0.15, 0.2) is 5.13 Å². The minimum absolute atomic E-state index is 0.0302. The van der Waals surface area contributed by atoms with Crippen molar-refractivity contribution in [3.63, 3.8) is 0 Å². The number of carbonyl (C=O) groups excluding carboxylic acids is 1. The molecule has 0 N–H and O–H groups in total. The third-order valence-electron chi connectivity index (χ3n) is 6.75. The average molecular weight is 554 g/mol. The fraction of sp³-hybridized carbons (Fsp3) is 0.286. The Kier molecular flexibility index (Phi) is 7.36. The third kappa shape index (κ3) is 5.29. The quantitative estimate of drug-likeness (QED) is 0.267. The fourth-order valence-electron chi connectivity index (χ4n) is 4.74. The molecule has 1 fully saturated rings. The van der Waals surface area contributed by atoms with E-state index >= 15 is 0 Å². The van der Waals surface area contributed by atoms with Gasteiger partial charge in [-0.3, -0.25) is 9.69 Å². The lowest BCUT2D eigenvalue weighted by molar-refractivity contribution is 0.0985. The predicted octanol–water partition coefficient (Wildman–Crippen LogP) is 6.67. The average Bonchev–Trinajstić information content (AvgIpc) is 3.32. The number of anilines is 1. The number of thiazole rings is 1. The zero-order valence-electron chi connectivity index (χ0n) is 20.7. The maximum absolute atomic E-state index is 13.8. The molecular weight excluding hydrogens is 526 g/mol. The first-order valence-electron chi connectivity index (χ1n) is 12.3. The van der Waals surface area contributed by atoms with E-state index in [1.54, 1.807) is 21.3 Å². The van der Waals surface area contributed by atoms with Crippen molar-refractivity contribution >= 4 is 54.2 Å². The molecule has 37 heavy (non-hydrogen) atoms. The number of hydrogen-bond donors (Lipinski definition) is 0. The van der Waals surface area contributed by atoms with Crippen LogP contribution in [0.1, 0.15) is 47.7 Å². The molecule has 1 aliphatic heterocycles. The van der Waals surface area contributed by atoms with Crippen LogP contribution in [0.3, 0.4) is 0 Å². The van der Waals surface area contributed by atoms with Crippen LogP contribution in [0, 0.1) is 6.92 Å². The highest BCUT2D eigenvalue weighted by Crippen LogP contribution is 2.34. The highest BCUT2D eigenvalue weighted by atomic mass is 35.5. The van der Waals surface area contributed by atoms with Gasteiger partial charge in [0, 0.05) is 23.2 Å². The van der Waals surface area contributed by atoms with Crippen LogP contribution in [0.25, 0.3) is 10.2 Å². The number of benzene rings is 3. The van der Waals surface area contributed by atoms with Crippen LogP contribution in [0.2, 0.25) is 5.02 Å². The minimum Gasteiger partial charge on any atom is -0.279 e. The number of fused-ring (bicyclic) bond motifs is 1. The lowest BCUT2D eigenvalue weighted by Gasteiger charge is -2.32. The molecule has 0 aliphatic carbocycles. The van der Waals surface area contributed by atoms with E-state index in [-0.39, 0.29) is 16.8 Å². The molecule has 0 saturated carbocycles. The SMILES string of the molecule is Cc1cc(Cl)cc2sc(N(Cc3ccccc3)C(=O)c3ccc(S(=O)(=O)N4CCCCC4C)cc3)nc12. The summed E-state index contributed by atoms with van der Waals surface area (Å²) in [5.41, 5.74) is 3.12. The number of aromatic nitrogens is 1. The largest absolute Gasteiger partial charge is 0.279 e. The first kappa shape index (κ1) is 25.9. The second-order valence-electron chi connectivity index (χ2n) is 9.43. The molecule has 1 aliphatic rings. The number of hydrogen-bond acceptors (Lipinski definition) is 5. The number of carbonyl (C=O) groups is 1. The molecule has 4 aromatic rings. The van der Waals surface area contributed by atoms with E-state index in [2.05, 4.69) is 0 Å². The Bertz CT molecular complexity index is 1540. The molecule has 3 aromatic carbocycles. The summed E-state index contributed by atoms with van der Waals surface area (Å²) in [6.07, 6.45) is 2.76. The van der Waals surface area contributed by atoms with E-state index in [9.17, 15) is 13.2 Å². The topological polar surface area (TPSA) is 70.6 Å². The molecule has 1 saturated heterocycles. The van der Waals surface area contributed by atoms with Gasteiger partial charge in [0.05, 0.1) is 21.7 Å². The summed E-state index contributed by atoms with van der Waals surface area (Å²) in [4.78, 5) is 20.4. The van der Waals surface area contributed by atoms with Crippen LogP contribution in [-0.2, 0) is 16.6 Å². The summed E-state index contributed by atoms with van der Waals surface area (Å²) in [5, 5.41) is 1.19. The van der Waals surface area contributed by atoms with E-state index in [1.165, 1.54) is 23.5 Å². The molecule has 5 rings (SSSR count). The molecule has 9 heteroatoms. The van der Waals surface area contributed by atoms with E-state index in [0.717, 1.165) is 40.6 Å². The normalized spacial score (nSPS) is 16.7. The maximum atomic E-state index is 13.8. The van der Waals surface area contributed by atoms with Gasteiger partial charge in [0.1, 0.15) is 0 Å². The van der Waals surface area contributed by atoms with Gasteiger partial charge in [-0.25, -0.2) is 13.4 Å². The summed E-state index contributed by atoms with van der Waals surface area (Å²) in [6, 6.07) is 19.7. The van der Waals surface area contributed by atoms with Gasteiger partial charge in [-0.2, -0.15) is 4.31 Å². The molecule has 6 nitrogen and oxygen atoms in total. The Morgan fingerprint density at radius 1 is 1.11 bits per heavy atom. The highest BCUT2D eigenvalue weighted by Gasteiger charge is 2.31. The number of sulfonamides is 1. The van der Waals surface area contributed by atoms with Gasteiger partial charge < -0.3 is 0 Å².